The molecule has 124 valence electrons. The Kier molecular flexibility index (Phi) is 5.24. The van der Waals surface area contributed by atoms with Gasteiger partial charge in [0.25, 0.3) is 0 Å². The van der Waals surface area contributed by atoms with Crippen LogP contribution in [0.2, 0.25) is 0 Å². The Hall–Kier alpha value is -2.22. The highest BCUT2D eigenvalue weighted by atomic mass is 19.1. The molecular weight excluding hydrogens is 302 g/mol. The van der Waals surface area contributed by atoms with Crippen LogP contribution in [0.5, 0.6) is 0 Å². The van der Waals surface area contributed by atoms with Gasteiger partial charge in [-0.3, -0.25) is 0 Å². The Morgan fingerprint density at radius 1 is 0.833 bits per heavy atom. The number of rotatable bonds is 6. The minimum Gasteiger partial charge on any atom is -0.242 e. The summed E-state index contributed by atoms with van der Waals surface area (Å²) in [6.07, 6.45) is 1.50. The fourth-order valence-corrected chi connectivity index (χ4v) is 3.25. The molecule has 0 aliphatic carbocycles. The lowest BCUT2D eigenvalue weighted by atomic mass is 9.85. The summed E-state index contributed by atoms with van der Waals surface area (Å²) >= 11 is 0. The van der Waals surface area contributed by atoms with Crippen molar-refractivity contribution in [3.8, 4) is 0 Å². The van der Waals surface area contributed by atoms with Crippen molar-refractivity contribution >= 4 is 10.8 Å². The molecule has 3 rings (SSSR count). The van der Waals surface area contributed by atoms with Crippen molar-refractivity contribution in [2.24, 2.45) is 0 Å². The zero-order chi connectivity index (χ0) is 16.9. The normalized spacial score (nSPS) is 13.8. The Morgan fingerprint density at radius 2 is 1.62 bits per heavy atom. The van der Waals surface area contributed by atoms with Crippen LogP contribution in [0.25, 0.3) is 10.8 Å². The van der Waals surface area contributed by atoms with E-state index in [1.54, 1.807) is 6.07 Å². The topological polar surface area (TPSA) is 0 Å². The number of alkyl halides is 1. The molecule has 3 aromatic carbocycles. The van der Waals surface area contributed by atoms with Crippen molar-refractivity contribution < 1.29 is 8.78 Å². The number of hydrogen-bond donors (Lipinski definition) is 0. The van der Waals surface area contributed by atoms with Gasteiger partial charge in [0.2, 0.25) is 0 Å². The molecule has 0 saturated carbocycles. The van der Waals surface area contributed by atoms with E-state index >= 15 is 4.39 Å². The molecule has 0 fully saturated rings. The second kappa shape index (κ2) is 7.57. The van der Waals surface area contributed by atoms with Crippen LogP contribution in [0.4, 0.5) is 8.78 Å². The highest BCUT2D eigenvalue weighted by Crippen LogP contribution is 2.39. The number of halogens is 2. The smallest absolute Gasteiger partial charge is 0.132 e. The van der Waals surface area contributed by atoms with Crippen molar-refractivity contribution in [1.82, 2.24) is 0 Å². The van der Waals surface area contributed by atoms with E-state index in [0.29, 0.717) is 12.0 Å². The molecule has 0 bridgehead atoms. The standard InChI is InChI=1S/C22H22F2/c1-2-3-11-21(18-9-6-10-20(23)15-18)22(24)19-13-12-16-7-4-5-8-17(16)14-19/h4-10,12-15,21-22H,2-3,11H2,1H3. The van der Waals surface area contributed by atoms with Crippen LogP contribution < -0.4 is 0 Å². The Labute approximate surface area is 142 Å². The fourth-order valence-electron chi connectivity index (χ4n) is 3.25. The molecule has 0 spiro atoms. The van der Waals surface area contributed by atoms with Crippen molar-refractivity contribution in [1.29, 1.82) is 0 Å². The van der Waals surface area contributed by atoms with E-state index in [-0.39, 0.29) is 11.7 Å². The van der Waals surface area contributed by atoms with Gasteiger partial charge in [-0.05, 0) is 46.5 Å². The number of benzene rings is 3. The van der Waals surface area contributed by atoms with Crippen LogP contribution in [-0.4, -0.2) is 0 Å². The van der Waals surface area contributed by atoms with E-state index < -0.39 is 6.17 Å². The minimum absolute atomic E-state index is 0.306. The predicted octanol–water partition coefficient (Wildman–Crippen LogP) is 6.96. The highest BCUT2D eigenvalue weighted by molar-refractivity contribution is 5.83. The largest absolute Gasteiger partial charge is 0.242 e. The summed E-state index contributed by atoms with van der Waals surface area (Å²) in [7, 11) is 0. The molecule has 0 aliphatic rings. The van der Waals surface area contributed by atoms with E-state index in [1.165, 1.54) is 12.1 Å². The molecule has 0 aliphatic heterocycles. The average Bonchev–Trinajstić information content (AvgIpc) is 2.61. The van der Waals surface area contributed by atoms with Crippen molar-refractivity contribution in [2.45, 2.75) is 38.3 Å². The quantitative estimate of drug-likeness (QED) is 0.459. The maximum atomic E-state index is 15.3. The third kappa shape index (κ3) is 3.64. The molecule has 0 heterocycles. The van der Waals surface area contributed by atoms with Gasteiger partial charge in [0, 0.05) is 5.92 Å². The van der Waals surface area contributed by atoms with Gasteiger partial charge in [-0.1, -0.05) is 68.3 Å². The van der Waals surface area contributed by atoms with Gasteiger partial charge in [-0.2, -0.15) is 0 Å². The average molecular weight is 324 g/mol. The van der Waals surface area contributed by atoms with E-state index in [1.807, 2.05) is 48.5 Å². The maximum Gasteiger partial charge on any atom is 0.132 e. The molecular formula is C22H22F2. The van der Waals surface area contributed by atoms with Crippen molar-refractivity contribution in [3.63, 3.8) is 0 Å². The Balaban J connectivity index is 1.95. The SMILES string of the molecule is CCCCC(c1cccc(F)c1)C(F)c1ccc2ccccc2c1. The zero-order valence-electron chi connectivity index (χ0n) is 13.9. The first kappa shape index (κ1) is 16.6. The zero-order valence-corrected chi connectivity index (χ0v) is 13.9. The lowest BCUT2D eigenvalue weighted by Gasteiger charge is -2.22. The monoisotopic (exact) mass is 324 g/mol. The van der Waals surface area contributed by atoms with Crippen LogP contribution >= 0.6 is 0 Å². The fraction of sp³-hybridized carbons (Fsp3) is 0.273. The van der Waals surface area contributed by atoms with E-state index in [2.05, 4.69) is 6.92 Å². The minimum atomic E-state index is -1.14. The van der Waals surface area contributed by atoms with Crippen LogP contribution in [0.1, 0.15) is 49.4 Å². The summed E-state index contributed by atoms with van der Waals surface area (Å²) in [4.78, 5) is 0. The van der Waals surface area contributed by atoms with Gasteiger partial charge in [0.05, 0.1) is 0 Å². The van der Waals surface area contributed by atoms with E-state index in [9.17, 15) is 4.39 Å². The molecule has 2 atom stereocenters. The number of unbranched alkanes of at least 4 members (excludes halogenated alkanes) is 1. The van der Waals surface area contributed by atoms with Gasteiger partial charge >= 0.3 is 0 Å². The number of hydrogen-bond acceptors (Lipinski definition) is 0. The van der Waals surface area contributed by atoms with Gasteiger partial charge in [0.1, 0.15) is 12.0 Å². The molecule has 0 radical (unpaired) electrons. The Morgan fingerprint density at radius 3 is 2.38 bits per heavy atom. The van der Waals surface area contributed by atoms with Crippen LogP contribution in [0.15, 0.2) is 66.7 Å². The molecule has 3 aromatic rings. The van der Waals surface area contributed by atoms with Gasteiger partial charge < -0.3 is 0 Å². The first-order chi connectivity index (χ1) is 11.7. The summed E-state index contributed by atoms with van der Waals surface area (Å²) in [5.74, 6) is -0.624. The van der Waals surface area contributed by atoms with Crippen LogP contribution in [0.3, 0.4) is 0 Å². The van der Waals surface area contributed by atoms with Gasteiger partial charge in [-0.25, -0.2) is 8.78 Å². The summed E-state index contributed by atoms with van der Waals surface area (Å²) in [6, 6.07) is 20.0. The second-order valence-electron chi connectivity index (χ2n) is 6.31. The molecule has 0 N–H and O–H groups in total. The first-order valence-electron chi connectivity index (χ1n) is 8.57. The van der Waals surface area contributed by atoms with Crippen molar-refractivity contribution in [3.05, 3.63) is 83.7 Å². The summed E-state index contributed by atoms with van der Waals surface area (Å²) in [5, 5.41) is 2.13. The molecule has 24 heavy (non-hydrogen) atoms. The third-order valence-corrected chi connectivity index (χ3v) is 4.59. The van der Waals surface area contributed by atoms with E-state index in [4.69, 9.17) is 0 Å². The highest BCUT2D eigenvalue weighted by Gasteiger charge is 2.24. The Bertz CT molecular complexity index is 810. The molecule has 2 unspecified atom stereocenters. The molecule has 0 nitrogen and oxygen atoms in total. The summed E-state index contributed by atoms with van der Waals surface area (Å²) in [5.41, 5.74) is 1.41. The molecule has 0 aromatic heterocycles. The van der Waals surface area contributed by atoms with Crippen LogP contribution in [0, 0.1) is 5.82 Å². The predicted molar refractivity (Wildman–Crippen MR) is 96.5 cm³/mol. The maximum absolute atomic E-state index is 15.3. The molecule has 0 saturated heterocycles. The first-order valence-corrected chi connectivity index (χ1v) is 8.57. The van der Waals surface area contributed by atoms with Crippen molar-refractivity contribution in [2.75, 3.05) is 0 Å². The van der Waals surface area contributed by atoms with E-state index in [0.717, 1.165) is 29.2 Å². The molecule has 2 heteroatoms. The summed E-state index contributed by atoms with van der Waals surface area (Å²) in [6.45, 7) is 2.09. The lowest BCUT2D eigenvalue weighted by Crippen LogP contribution is -2.08. The third-order valence-electron chi connectivity index (χ3n) is 4.59. The lowest BCUT2D eigenvalue weighted by molar-refractivity contribution is 0.274. The summed E-state index contributed by atoms with van der Waals surface area (Å²) < 4.78 is 28.9. The van der Waals surface area contributed by atoms with Gasteiger partial charge in [-0.15, -0.1) is 0 Å². The van der Waals surface area contributed by atoms with Gasteiger partial charge in [0.15, 0.2) is 0 Å². The second-order valence-corrected chi connectivity index (χ2v) is 6.31. The van der Waals surface area contributed by atoms with Crippen LogP contribution in [-0.2, 0) is 0 Å². The number of fused-ring (bicyclic) bond motifs is 1. The molecule has 0 amide bonds.